The number of amides is 1. The van der Waals surface area contributed by atoms with Crippen molar-refractivity contribution in [2.24, 2.45) is 0 Å². The number of nitrogens with one attached hydrogen (secondary N) is 1. The minimum Gasteiger partial charge on any atom is -0.508 e. The predicted molar refractivity (Wildman–Crippen MR) is 69.6 cm³/mol. The molecule has 4 heteroatoms. The number of phenolic OH excluding ortho intramolecular Hbond substituents is 1. The van der Waals surface area contributed by atoms with E-state index in [0.717, 1.165) is 12.8 Å². The van der Waals surface area contributed by atoms with Crippen LogP contribution in [0.25, 0.3) is 0 Å². The average Bonchev–Trinajstić information content (AvgIpc) is 2.32. The highest BCUT2D eigenvalue weighted by molar-refractivity contribution is 6.33. The molecule has 0 bridgehead atoms. The highest BCUT2D eigenvalue weighted by Gasteiger charge is 2.10. The molecule has 3 nitrogen and oxygen atoms in total. The third-order valence-corrected chi connectivity index (χ3v) is 2.84. The fourth-order valence-corrected chi connectivity index (χ4v) is 1.74. The second kappa shape index (κ2) is 7.17. The standard InChI is InChI=1S/C13H18ClNO2/c1-2-3-4-5-8-15-13(17)11-9-10(16)6-7-12(11)14/h6-7,9,16H,2-5,8H2,1H3,(H,15,17). The van der Waals surface area contributed by atoms with Crippen LogP contribution in [0.3, 0.4) is 0 Å². The summed E-state index contributed by atoms with van der Waals surface area (Å²) in [5.41, 5.74) is 0.321. The molecule has 1 aromatic carbocycles. The molecule has 0 fully saturated rings. The van der Waals surface area contributed by atoms with E-state index in [9.17, 15) is 9.90 Å². The van der Waals surface area contributed by atoms with Crippen LogP contribution in [0.4, 0.5) is 0 Å². The summed E-state index contributed by atoms with van der Waals surface area (Å²) in [5.74, 6) is -0.187. The topological polar surface area (TPSA) is 49.3 Å². The van der Waals surface area contributed by atoms with E-state index in [-0.39, 0.29) is 11.7 Å². The molecular weight excluding hydrogens is 238 g/mol. The molecular formula is C13H18ClNO2. The molecule has 0 aromatic heterocycles. The number of benzene rings is 1. The Balaban J connectivity index is 2.44. The smallest absolute Gasteiger partial charge is 0.252 e. The summed E-state index contributed by atoms with van der Waals surface area (Å²) in [5, 5.41) is 12.4. The number of halogens is 1. The van der Waals surface area contributed by atoms with Crippen LogP contribution in [0.15, 0.2) is 18.2 Å². The van der Waals surface area contributed by atoms with Crippen LogP contribution < -0.4 is 5.32 Å². The number of unbranched alkanes of at least 4 members (excludes halogenated alkanes) is 3. The predicted octanol–water partition coefficient (Wildman–Crippen LogP) is 3.36. The van der Waals surface area contributed by atoms with Gasteiger partial charge in [-0.15, -0.1) is 0 Å². The molecule has 0 aliphatic rings. The number of hydrogen-bond donors (Lipinski definition) is 2. The molecule has 0 atom stereocenters. The Bertz CT molecular complexity index is 380. The summed E-state index contributed by atoms with van der Waals surface area (Å²) in [6.45, 7) is 2.79. The van der Waals surface area contributed by atoms with E-state index in [2.05, 4.69) is 12.2 Å². The third kappa shape index (κ3) is 4.65. The van der Waals surface area contributed by atoms with Crippen LogP contribution in [0, 0.1) is 0 Å². The van der Waals surface area contributed by atoms with Gasteiger partial charge in [-0.1, -0.05) is 37.8 Å². The molecule has 1 rings (SSSR count). The molecule has 0 saturated heterocycles. The summed E-state index contributed by atoms with van der Waals surface area (Å²) < 4.78 is 0. The summed E-state index contributed by atoms with van der Waals surface area (Å²) in [6.07, 6.45) is 4.44. The highest BCUT2D eigenvalue weighted by Crippen LogP contribution is 2.20. The quantitative estimate of drug-likeness (QED) is 0.766. The number of aromatic hydroxyl groups is 1. The second-order valence-corrected chi connectivity index (χ2v) is 4.39. The zero-order valence-corrected chi connectivity index (χ0v) is 10.8. The van der Waals surface area contributed by atoms with Gasteiger partial charge in [0.1, 0.15) is 5.75 Å². The Morgan fingerprint density at radius 3 is 2.82 bits per heavy atom. The Hall–Kier alpha value is -1.22. The van der Waals surface area contributed by atoms with Gasteiger partial charge in [-0.3, -0.25) is 4.79 Å². The largest absolute Gasteiger partial charge is 0.508 e. The SMILES string of the molecule is CCCCCCNC(=O)c1cc(O)ccc1Cl. The molecule has 0 unspecified atom stereocenters. The Labute approximate surface area is 107 Å². The summed E-state index contributed by atoms with van der Waals surface area (Å²) in [6, 6.07) is 4.35. The van der Waals surface area contributed by atoms with Gasteiger partial charge < -0.3 is 10.4 Å². The molecule has 0 aliphatic heterocycles. The van der Waals surface area contributed by atoms with Crippen LogP contribution in [0.5, 0.6) is 5.75 Å². The van der Waals surface area contributed by atoms with Gasteiger partial charge >= 0.3 is 0 Å². The molecule has 94 valence electrons. The molecule has 17 heavy (non-hydrogen) atoms. The summed E-state index contributed by atoms with van der Waals surface area (Å²) in [7, 11) is 0. The fourth-order valence-electron chi connectivity index (χ4n) is 1.54. The van der Waals surface area contributed by atoms with Crippen LogP contribution in [-0.2, 0) is 0 Å². The lowest BCUT2D eigenvalue weighted by Crippen LogP contribution is -2.24. The van der Waals surface area contributed by atoms with E-state index in [1.807, 2.05) is 0 Å². The van der Waals surface area contributed by atoms with Gasteiger partial charge in [-0.05, 0) is 24.6 Å². The molecule has 1 amide bonds. The second-order valence-electron chi connectivity index (χ2n) is 3.98. The van der Waals surface area contributed by atoms with Gasteiger partial charge in [-0.25, -0.2) is 0 Å². The number of carbonyl (C=O) groups excluding carboxylic acids is 1. The van der Waals surface area contributed by atoms with Crippen molar-refractivity contribution in [3.8, 4) is 5.75 Å². The van der Waals surface area contributed by atoms with E-state index >= 15 is 0 Å². The monoisotopic (exact) mass is 255 g/mol. The van der Waals surface area contributed by atoms with Gasteiger partial charge in [0.2, 0.25) is 0 Å². The molecule has 0 saturated carbocycles. The summed E-state index contributed by atoms with van der Waals surface area (Å²) in [4.78, 5) is 11.7. The molecule has 0 spiro atoms. The number of carbonyl (C=O) groups is 1. The minimum absolute atomic E-state index is 0.0468. The van der Waals surface area contributed by atoms with Gasteiger partial charge in [0, 0.05) is 6.54 Å². The van der Waals surface area contributed by atoms with E-state index < -0.39 is 0 Å². The van der Waals surface area contributed by atoms with Gasteiger partial charge in [0.15, 0.2) is 0 Å². The van der Waals surface area contributed by atoms with E-state index in [4.69, 9.17) is 11.6 Å². The van der Waals surface area contributed by atoms with Crippen molar-refractivity contribution in [3.63, 3.8) is 0 Å². The first-order chi connectivity index (χ1) is 8.15. The van der Waals surface area contributed by atoms with Crippen molar-refractivity contribution in [3.05, 3.63) is 28.8 Å². The lowest BCUT2D eigenvalue weighted by molar-refractivity contribution is 0.0952. The van der Waals surface area contributed by atoms with Crippen LogP contribution in [0.2, 0.25) is 5.02 Å². The molecule has 2 N–H and O–H groups in total. The van der Waals surface area contributed by atoms with E-state index in [1.54, 1.807) is 0 Å². The molecule has 0 radical (unpaired) electrons. The fraction of sp³-hybridized carbons (Fsp3) is 0.462. The van der Waals surface area contributed by atoms with Gasteiger partial charge in [0.05, 0.1) is 10.6 Å². The van der Waals surface area contributed by atoms with E-state index in [0.29, 0.717) is 17.1 Å². The lowest BCUT2D eigenvalue weighted by atomic mass is 10.2. The van der Waals surface area contributed by atoms with Crippen molar-refractivity contribution < 1.29 is 9.90 Å². The minimum atomic E-state index is -0.234. The van der Waals surface area contributed by atoms with Crippen LogP contribution in [0.1, 0.15) is 43.0 Å². The van der Waals surface area contributed by atoms with Crippen LogP contribution >= 0.6 is 11.6 Å². The Kier molecular flexibility index (Phi) is 5.84. The van der Waals surface area contributed by atoms with Gasteiger partial charge in [-0.2, -0.15) is 0 Å². The maximum atomic E-state index is 11.7. The van der Waals surface area contributed by atoms with Crippen molar-refractivity contribution in [1.82, 2.24) is 5.32 Å². The Morgan fingerprint density at radius 1 is 1.35 bits per heavy atom. The molecule has 1 aromatic rings. The number of phenols is 1. The van der Waals surface area contributed by atoms with E-state index in [1.165, 1.54) is 31.0 Å². The average molecular weight is 256 g/mol. The summed E-state index contributed by atoms with van der Waals surface area (Å²) >= 11 is 5.88. The molecule has 0 heterocycles. The van der Waals surface area contributed by atoms with Gasteiger partial charge in [0.25, 0.3) is 5.91 Å². The molecule has 0 aliphatic carbocycles. The highest BCUT2D eigenvalue weighted by atomic mass is 35.5. The third-order valence-electron chi connectivity index (χ3n) is 2.51. The van der Waals surface area contributed by atoms with Crippen molar-refractivity contribution in [1.29, 1.82) is 0 Å². The first-order valence-electron chi connectivity index (χ1n) is 5.92. The zero-order chi connectivity index (χ0) is 12.7. The first-order valence-corrected chi connectivity index (χ1v) is 6.29. The van der Waals surface area contributed by atoms with Crippen LogP contribution in [-0.4, -0.2) is 17.6 Å². The lowest BCUT2D eigenvalue weighted by Gasteiger charge is -2.06. The maximum Gasteiger partial charge on any atom is 0.252 e. The number of rotatable bonds is 6. The normalized spacial score (nSPS) is 10.2. The first kappa shape index (κ1) is 13.8. The van der Waals surface area contributed by atoms with Crippen molar-refractivity contribution in [2.45, 2.75) is 32.6 Å². The maximum absolute atomic E-state index is 11.7. The zero-order valence-electron chi connectivity index (χ0n) is 10.0. The number of hydrogen-bond acceptors (Lipinski definition) is 2. The van der Waals surface area contributed by atoms with Crippen molar-refractivity contribution in [2.75, 3.05) is 6.54 Å². The van der Waals surface area contributed by atoms with Crippen molar-refractivity contribution >= 4 is 17.5 Å². The Morgan fingerprint density at radius 2 is 2.12 bits per heavy atom.